The first-order chi connectivity index (χ1) is 16.9. The van der Waals surface area contributed by atoms with E-state index in [-0.39, 0.29) is 11.8 Å². The van der Waals surface area contributed by atoms with Gasteiger partial charge in [0.1, 0.15) is 28.1 Å². The number of aromatic amines is 1. The van der Waals surface area contributed by atoms with Gasteiger partial charge in [-0.05, 0) is 38.7 Å². The summed E-state index contributed by atoms with van der Waals surface area (Å²) in [5.41, 5.74) is 3.33. The number of fused-ring (bicyclic) bond motifs is 3. The number of pyridine rings is 1. The molecule has 0 radical (unpaired) electrons. The number of nitrogens with zero attached hydrogens (tertiary/aromatic N) is 7. The number of aryl methyl sites for hydroxylation is 1. The maximum Gasteiger partial charge on any atom is 0.272 e. The molecule has 2 aliphatic carbocycles. The lowest BCUT2D eigenvalue weighted by Crippen LogP contribution is -2.36. The van der Waals surface area contributed by atoms with E-state index in [1.54, 1.807) is 25.8 Å². The number of amides is 2. The molecule has 0 spiro atoms. The molecule has 4 aromatic heterocycles. The Labute approximate surface area is 206 Å². The van der Waals surface area contributed by atoms with E-state index in [1.807, 2.05) is 29.5 Å². The summed E-state index contributed by atoms with van der Waals surface area (Å²) in [5.74, 6) is 0.603. The van der Waals surface area contributed by atoms with Crippen molar-refractivity contribution in [2.45, 2.75) is 51.2 Å². The third-order valence-electron chi connectivity index (χ3n) is 6.77. The van der Waals surface area contributed by atoms with E-state index in [4.69, 9.17) is 4.98 Å². The summed E-state index contributed by atoms with van der Waals surface area (Å²) in [4.78, 5) is 48.9. The summed E-state index contributed by atoms with van der Waals surface area (Å²) in [6.07, 6.45) is 6.03. The van der Waals surface area contributed by atoms with Crippen LogP contribution in [0, 0.1) is 0 Å². The van der Waals surface area contributed by atoms with Crippen molar-refractivity contribution in [2.75, 3.05) is 26.0 Å². The smallest absolute Gasteiger partial charge is 0.272 e. The maximum absolute atomic E-state index is 13.7. The normalized spacial score (nSPS) is 15.7. The van der Waals surface area contributed by atoms with E-state index in [0.717, 1.165) is 47.8 Å². The molecule has 6 rings (SSSR count). The van der Waals surface area contributed by atoms with Gasteiger partial charge in [-0.3, -0.25) is 9.59 Å². The number of rotatable bonds is 7. The molecule has 11 heteroatoms. The van der Waals surface area contributed by atoms with Gasteiger partial charge in [-0.25, -0.2) is 15.0 Å². The second kappa shape index (κ2) is 8.04. The average Bonchev–Trinajstić information content (AvgIpc) is 3.71. The molecule has 0 bridgehead atoms. The van der Waals surface area contributed by atoms with Gasteiger partial charge in [0.25, 0.3) is 11.8 Å². The lowest BCUT2D eigenvalue weighted by atomic mass is 10.2. The molecule has 2 amide bonds. The highest BCUT2D eigenvalue weighted by atomic mass is 32.1. The minimum Gasteiger partial charge on any atom is -0.343 e. The molecule has 10 nitrogen and oxygen atoms in total. The van der Waals surface area contributed by atoms with E-state index >= 15 is 0 Å². The van der Waals surface area contributed by atoms with E-state index < -0.39 is 0 Å². The standard InChI is InChI=1S/C24H28N8O2S/c1-5-31-17(23(34)32(13-6-7-13)14-8-9-14)10-15-18-19(26-12-25-18)21(28-20(15)31)30(4)24-27-16(11-35-24)22(33)29(2)3/h10-14H,5-9H2,1-4H3,(H,25,26). The Balaban J connectivity index is 1.46. The predicted molar refractivity (Wildman–Crippen MR) is 135 cm³/mol. The molecule has 35 heavy (non-hydrogen) atoms. The lowest BCUT2D eigenvalue weighted by molar-refractivity contribution is 0.0719. The molecule has 2 aliphatic rings. The molecule has 4 heterocycles. The Morgan fingerprint density at radius 3 is 2.46 bits per heavy atom. The zero-order valence-electron chi connectivity index (χ0n) is 20.3. The van der Waals surface area contributed by atoms with Crippen molar-refractivity contribution in [2.24, 2.45) is 0 Å². The molecule has 1 N–H and O–H groups in total. The number of hydrogen-bond acceptors (Lipinski definition) is 7. The van der Waals surface area contributed by atoms with E-state index in [2.05, 4.69) is 19.9 Å². The summed E-state index contributed by atoms with van der Waals surface area (Å²) in [6.45, 7) is 2.66. The van der Waals surface area contributed by atoms with Gasteiger partial charge < -0.3 is 24.3 Å². The Bertz CT molecular complexity index is 1450. The van der Waals surface area contributed by atoms with Crippen molar-refractivity contribution in [1.29, 1.82) is 0 Å². The van der Waals surface area contributed by atoms with Gasteiger partial charge in [0.05, 0.1) is 6.33 Å². The van der Waals surface area contributed by atoms with Gasteiger partial charge >= 0.3 is 0 Å². The highest BCUT2D eigenvalue weighted by Gasteiger charge is 2.43. The van der Waals surface area contributed by atoms with Crippen molar-refractivity contribution in [3.8, 4) is 0 Å². The molecule has 0 unspecified atom stereocenters. The Morgan fingerprint density at radius 1 is 1.11 bits per heavy atom. The fourth-order valence-corrected chi connectivity index (χ4v) is 5.47. The summed E-state index contributed by atoms with van der Waals surface area (Å²) in [5, 5.41) is 3.27. The number of thiazole rings is 1. The molecule has 182 valence electrons. The molecule has 0 atom stereocenters. The van der Waals surface area contributed by atoms with E-state index in [9.17, 15) is 9.59 Å². The highest BCUT2D eigenvalue weighted by molar-refractivity contribution is 7.14. The van der Waals surface area contributed by atoms with Crippen LogP contribution in [0.1, 0.15) is 53.6 Å². The topological polar surface area (TPSA) is 103 Å². The van der Waals surface area contributed by atoms with Crippen LogP contribution >= 0.6 is 11.3 Å². The minimum absolute atomic E-state index is 0.0974. The first-order valence-electron chi connectivity index (χ1n) is 12.0. The largest absolute Gasteiger partial charge is 0.343 e. The number of aromatic nitrogens is 5. The Morgan fingerprint density at radius 2 is 1.83 bits per heavy atom. The third kappa shape index (κ3) is 3.56. The Hall–Kier alpha value is -3.47. The van der Waals surface area contributed by atoms with Crippen LogP contribution in [0.5, 0.6) is 0 Å². The zero-order chi connectivity index (χ0) is 24.4. The molecular weight excluding hydrogens is 464 g/mol. The van der Waals surface area contributed by atoms with E-state index in [0.29, 0.717) is 41.0 Å². The van der Waals surface area contributed by atoms with Crippen LogP contribution < -0.4 is 4.90 Å². The fraction of sp³-hybridized carbons (Fsp3) is 0.458. The molecule has 2 saturated carbocycles. The van der Waals surface area contributed by atoms with Crippen molar-refractivity contribution in [3.63, 3.8) is 0 Å². The van der Waals surface area contributed by atoms with Gasteiger partial charge in [-0.1, -0.05) is 0 Å². The highest BCUT2D eigenvalue weighted by Crippen LogP contribution is 2.40. The predicted octanol–water partition coefficient (Wildman–Crippen LogP) is 3.63. The third-order valence-corrected chi connectivity index (χ3v) is 7.69. The summed E-state index contributed by atoms with van der Waals surface area (Å²) in [7, 11) is 5.30. The average molecular weight is 493 g/mol. The van der Waals surface area contributed by atoms with Crippen molar-refractivity contribution >= 4 is 56.2 Å². The molecular formula is C24H28N8O2S. The Kier molecular flexibility index (Phi) is 5.06. The molecule has 0 aliphatic heterocycles. The molecule has 2 fully saturated rings. The fourth-order valence-electron chi connectivity index (χ4n) is 4.70. The van der Waals surface area contributed by atoms with Gasteiger partial charge in [0.2, 0.25) is 0 Å². The lowest BCUT2D eigenvalue weighted by Gasteiger charge is -2.22. The molecule has 0 aromatic carbocycles. The number of H-pyrrole nitrogens is 1. The number of carbonyl (C=O) groups excluding carboxylic acids is 2. The first-order valence-corrected chi connectivity index (χ1v) is 12.9. The molecule has 0 saturated heterocycles. The second-order valence-corrected chi connectivity index (χ2v) is 10.4. The SMILES string of the molecule is CCn1c(C(=O)N(C2CC2)C2CC2)cc2c3nc[nH]c3c(N(C)c3nc(C(=O)N(C)C)cs3)nc21. The van der Waals surface area contributed by atoms with Crippen LogP contribution in [0.25, 0.3) is 22.1 Å². The first kappa shape index (κ1) is 22.0. The van der Waals surface area contributed by atoms with Crippen LogP contribution in [0.15, 0.2) is 17.8 Å². The van der Waals surface area contributed by atoms with Gasteiger partial charge in [-0.2, -0.15) is 0 Å². The number of hydrogen-bond donors (Lipinski definition) is 1. The van der Waals surface area contributed by atoms with Gasteiger partial charge in [0, 0.05) is 50.5 Å². The van der Waals surface area contributed by atoms with Crippen LogP contribution in [-0.2, 0) is 6.54 Å². The van der Waals surface area contributed by atoms with Gasteiger partial charge in [0.15, 0.2) is 10.9 Å². The summed E-state index contributed by atoms with van der Waals surface area (Å²) in [6, 6.07) is 2.71. The van der Waals surface area contributed by atoms with Crippen molar-refractivity contribution < 1.29 is 9.59 Å². The second-order valence-electron chi connectivity index (χ2n) is 9.52. The summed E-state index contributed by atoms with van der Waals surface area (Å²) < 4.78 is 2.00. The zero-order valence-corrected chi connectivity index (χ0v) is 21.1. The van der Waals surface area contributed by atoms with Crippen LogP contribution in [0.2, 0.25) is 0 Å². The quantitative estimate of drug-likeness (QED) is 0.423. The van der Waals surface area contributed by atoms with Crippen LogP contribution in [-0.4, -0.2) is 79.3 Å². The van der Waals surface area contributed by atoms with E-state index in [1.165, 1.54) is 16.2 Å². The monoisotopic (exact) mass is 492 g/mol. The number of carbonyl (C=O) groups is 2. The minimum atomic E-state index is -0.144. The maximum atomic E-state index is 13.7. The number of nitrogens with one attached hydrogen (secondary N) is 1. The van der Waals surface area contributed by atoms with Crippen LogP contribution in [0.3, 0.4) is 0 Å². The number of anilines is 2. The van der Waals surface area contributed by atoms with Crippen molar-refractivity contribution in [1.82, 2.24) is 34.3 Å². The number of imidazole rings is 1. The summed E-state index contributed by atoms with van der Waals surface area (Å²) >= 11 is 1.38. The van der Waals surface area contributed by atoms with Crippen molar-refractivity contribution in [3.05, 3.63) is 29.2 Å². The van der Waals surface area contributed by atoms with Crippen LogP contribution in [0.4, 0.5) is 10.9 Å². The molecule has 4 aromatic rings. The van der Waals surface area contributed by atoms with Gasteiger partial charge in [-0.15, -0.1) is 11.3 Å².